The quantitative estimate of drug-likeness (QED) is 0.456. The zero-order chi connectivity index (χ0) is 22.1. The van der Waals surface area contributed by atoms with Gasteiger partial charge in [-0.3, -0.25) is 14.2 Å². The van der Waals surface area contributed by atoms with Crippen molar-refractivity contribution >= 4 is 34.9 Å². The number of carbonyl (C=O) groups excluding carboxylic acids is 1. The van der Waals surface area contributed by atoms with Gasteiger partial charge in [0, 0.05) is 34.1 Å². The van der Waals surface area contributed by atoms with Gasteiger partial charge in [-0.1, -0.05) is 34.4 Å². The van der Waals surface area contributed by atoms with Crippen molar-refractivity contribution in [2.24, 2.45) is 0 Å². The van der Waals surface area contributed by atoms with Crippen LogP contribution in [0.5, 0.6) is 0 Å². The number of hydrogen-bond acceptors (Lipinski definition) is 5. The highest BCUT2D eigenvalue weighted by atomic mass is 35.5. The monoisotopic (exact) mass is 462 g/mol. The van der Waals surface area contributed by atoms with Gasteiger partial charge in [0.2, 0.25) is 0 Å². The zero-order valence-electron chi connectivity index (χ0n) is 16.6. The zero-order valence-corrected chi connectivity index (χ0v) is 18.1. The van der Waals surface area contributed by atoms with E-state index in [1.165, 1.54) is 18.3 Å². The molecule has 3 aromatic heterocycles. The molecule has 0 unspecified atom stereocenters. The number of benzene rings is 1. The Labute approximate surface area is 186 Å². The first-order valence-electron chi connectivity index (χ1n) is 9.23. The number of anilines is 1. The molecular formula is C20H17Cl2FN6O2. The molecular weight excluding hydrogens is 446 g/mol. The van der Waals surface area contributed by atoms with Gasteiger partial charge >= 0.3 is 0 Å². The maximum absolute atomic E-state index is 14.1. The first-order chi connectivity index (χ1) is 14.8. The fraction of sp³-hybridized carbons (Fsp3) is 0.200. The summed E-state index contributed by atoms with van der Waals surface area (Å²) in [5.41, 5.74) is 1.73. The molecule has 0 saturated heterocycles. The van der Waals surface area contributed by atoms with Gasteiger partial charge in [-0.05, 0) is 26.0 Å². The average molecular weight is 463 g/mol. The summed E-state index contributed by atoms with van der Waals surface area (Å²) in [5, 5.41) is 15.8. The Kier molecular flexibility index (Phi) is 5.79. The van der Waals surface area contributed by atoms with E-state index in [-0.39, 0.29) is 18.8 Å². The van der Waals surface area contributed by atoms with E-state index in [0.717, 1.165) is 5.69 Å². The van der Waals surface area contributed by atoms with Gasteiger partial charge in [0.1, 0.15) is 11.6 Å². The van der Waals surface area contributed by atoms with Crippen LogP contribution in [0.25, 0.3) is 0 Å². The molecule has 0 aliphatic carbocycles. The van der Waals surface area contributed by atoms with Crippen LogP contribution in [-0.2, 0) is 13.1 Å². The Morgan fingerprint density at radius 1 is 1.23 bits per heavy atom. The molecule has 11 heteroatoms. The summed E-state index contributed by atoms with van der Waals surface area (Å²) in [6.45, 7) is 3.90. The molecule has 4 aromatic rings. The van der Waals surface area contributed by atoms with E-state index in [9.17, 15) is 9.18 Å². The lowest BCUT2D eigenvalue weighted by atomic mass is 10.2. The molecule has 8 nitrogen and oxygen atoms in total. The smallest absolute Gasteiger partial charge is 0.279 e. The van der Waals surface area contributed by atoms with Crippen molar-refractivity contribution in [2.45, 2.75) is 26.9 Å². The molecule has 160 valence electrons. The third-order valence-corrected chi connectivity index (χ3v) is 5.26. The molecule has 3 heterocycles. The summed E-state index contributed by atoms with van der Waals surface area (Å²) >= 11 is 12.0. The Morgan fingerprint density at radius 3 is 2.74 bits per heavy atom. The highest BCUT2D eigenvalue weighted by Gasteiger charge is 2.22. The average Bonchev–Trinajstić information content (AvgIpc) is 3.39. The van der Waals surface area contributed by atoms with Crippen molar-refractivity contribution in [3.63, 3.8) is 0 Å². The fourth-order valence-electron chi connectivity index (χ4n) is 3.08. The predicted octanol–water partition coefficient (Wildman–Crippen LogP) is 4.48. The first-order valence-corrected chi connectivity index (χ1v) is 9.99. The van der Waals surface area contributed by atoms with Crippen molar-refractivity contribution in [2.75, 3.05) is 5.32 Å². The summed E-state index contributed by atoms with van der Waals surface area (Å²) in [6.07, 6.45) is 3.13. The number of aromatic nitrogens is 5. The van der Waals surface area contributed by atoms with Crippen LogP contribution in [0.3, 0.4) is 0 Å². The van der Waals surface area contributed by atoms with E-state index in [1.807, 2.05) is 0 Å². The molecule has 0 saturated carbocycles. The minimum absolute atomic E-state index is 0.119. The number of rotatable bonds is 6. The van der Waals surface area contributed by atoms with E-state index >= 15 is 0 Å². The van der Waals surface area contributed by atoms with Crippen molar-refractivity contribution in [3.8, 4) is 0 Å². The molecule has 0 atom stereocenters. The lowest BCUT2D eigenvalue weighted by molar-refractivity contribution is 0.101. The second-order valence-corrected chi connectivity index (χ2v) is 7.75. The van der Waals surface area contributed by atoms with Gasteiger partial charge in [-0.2, -0.15) is 10.2 Å². The third-order valence-electron chi connectivity index (χ3n) is 4.71. The normalized spacial score (nSPS) is 11.1. The van der Waals surface area contributed by atoms with Gasteiger partial charge in [-0.25, -0.2) is 4.39 Å². The maximum Gasteiger partial charge on any atom is 0.279 e. The summed E-state index contributed by atoms with van der Waals surface area (Å²) in [7, 11) is 0. The summed E-state index contributed by atoms with van der Waals surface area (Å²) in [4.78, 5) is 12.8. The molecule has 0 aliphatic heterocycles. The minimum Gasteiger partial charge on any atom is -0.361 e. The van der Waals surface area contributed by atoms with Crippen LogP contribution < -0.4 is 5.32 Å². The number of halogens is 3. The van der Waals surface area contributed by atoms with Gasteiger partial charge < -0.3 is 9.84 Å². The Bertz CT molecular complexity index is 1240. The van der Waals surface area contributed by atoms with Crippen molar-refractivity contribution in [1.82, 2.24) is 24.7 Å². The largest absolute Gasteiger partial charge is 0.361 e. The van der Waals surface area contributed by atoms with Crippen LogP contribution in [0.15, 0.2) is 41.2 Å². The van der Waals surface area contributed by atoms with E-state index in [2.05, 4.69) is 20.7 Å². The van der Waals surface area contributed by atoms with Gasteiger partial charge in [0.05, 0.1) is 24.3 Å². The van der Waals surface area contributed by atoms with Gasteiger partial charge in [0.25, 0.3) is 5.91 Å². The molecule has 1 amide bonds. The van der Waals surface area contributed by atoms with E-state index in [1.54, 1.807) is 41.5 Å². The number of nitrogens with one attached hydrogen (secondary N) is 1. The Morgan fingerprint density at radius 2 is 2.03 bits per heavy atom. The molecule has 1 N–H and O–H groups in total. The van der Waals surface area contributed by atoms with Gasteiger partial charge in [0.15, 0.2) is 11.5 Å². The van der Waals surface area contributed by atoms with Crippen LogP contribution >= 0.6 is 23.2 Å². The summed E-state index contributed by atoms with van der Waals surface area (Å²) in [6, 6.07) is 6.16. The second-order valence-electron chi connectivity index (χ2n) is 6.90. The van der Waals surface area contributed by atoms with E-state index < -0.39 is 11.7 Å². The molecule has 1 aromatic carbocycles. The fourth-order valence-corrected chi connectivity index (χ4v) is 3.46. The van der Waals surface area contributed by atoms with E-state index in [4.69, 9.17) is 27.7 Å². The molecule has 0 spiro atoms. The molecule has 0 fully saturated rings. The standard InChI is InChI=1S/C20H17Cl2FN6O2/c1-11-6-18(26-29(11)10-15-16(22)4-3-5-17(15)23)25-20(30)19-14(12(2)31-27-19)9-28-8-13(21)7-24-28/h3-8H,9-10H2,1-2H3,(H,25,26,30). The highest BCUT2D eigenvalue weighted by molar-refractivity contribution is 6.31. The number of nitrogens with zero attached hydrogens (tertiary/aromatic N) is 5. The predicted molar refractivity (Wildman–Crippen MR) is 113 cm³/mol. The molecule has 4 rings (SSSR count). The summed E-state index contributed by atoms with van der Waals surface area (Å²) in [5.74, 6) is -0.121. The second kappa shape index (κ2) is 8.52. The number of amides is 1. The maximum atomic E-state index is 14.1. The molecule has 0 bridgehead atoms. The van der Waals surface area contributed by atoms with Crippen LogP contribution in [0.1, 0.15) is 33.1 Å². The minimum atomic E-state index is -0.487. The lowest BCUT2D eigenvalue weighted by Gasteiger charge is -2.07. The van der Waals surface area contributed by atoms with Crippen LogP contribution in [0.2, 0.25) is 10.0 Å². The van der Waals surface area contributed by atoms with Crippen LogP contribution in [-0.4, -0.2) is 30.6 Å². The molecule has 0 radical (unpaired) electrons. The molecule has 0 aliphatic rings. The first kappa shape index (κ1) is 21.1. The Hall–Kier alpha value is -3.17. The summed E-state index contributed by atoms with van der Waals surface area (Å²) < 4.78 is 22.4. The van der Waals surface area contributed by atoms with E-state index in [0.29, 0.717) is 32.8 Å². The van der Waals surface area contributed by atoms with Crippen molar-refractivity contribution in [3.05, 3.63) is 80.8 Å². The number of carbonyl (C=O) groups is 1. The third kappa shape index (κ3) is 4.47. The highest BCUT2D eigenvalue weighted by Crippen LogP contribution is 2.22. The van der Waals surface area contributed by atoms with Gasteiger partial charge in [-0.15, -0.1) is 0 Å². The van der Waals surface area contributed by atoms with Crippen LogP contribution in [0, 0.1) is 19.7 Å². The lowest BCUT2D eigenvalue weighted by Crippen LogP contribution is -2.16. The molecule has 31 heavy (non-hydrogen) atoms. The van der Waals surface area contributed by atoms with Crippen molar-refractivity contribution < 1.29 is 13.7 Å². The Balaban J connectivity index is 1.53. The number of hydrogen-bond donors (Lipinski definition) is 1. The number of aryl methyl sites for hydroxylation is 2. The topological polar surface area (TPSA) is 90.8 Å². The van der Waals surface area contributed by atoms with Crippen LogP contribution in [0.4, 0.5) is 10.2 Å². The SMILES string of the molecule is Cc1onc(C(=O)Nc2cc(C)n(Cc3c(F)cccc3Cl)n2)c1Cn1cc(Cl)cn1. The van der Waals surface area contributed by atoms with Crippen molar-refractivity contribution in [1.29, 1.82) is 0 Å².